The van der Waals surface area contributed by atoms with Crippen LogP contribution < -0.4 is 5.32 Å². The molecule has 1 aromatic rings. The number of aromatic hydroxyl groups is 1. The fourth-order valence-corrected chi connectivity index (χ4v) is 2.78. The van der Waals surface area contributed by atoms with Crippen molar-refractivity contribution in [1.29, 1.82) is 0 Å². The molecule has 2 rings (SSSR count). The molecule has 19 heavy (non-hydrogen) atoms. The van der Waals surface area contributed by atoms with Gasteiger partial charge in [-0.15, -0.1) is 0 Å². The number of benzene rings is 1. The summed E-state index contributed by atoms with van der Waals surface area (Å²) in [6.07, 6.45) is 2.61. The lowest BCUT2D eigenvalue weighted by molar-refractivity contribution is 0.164. The van der Waals surface area contributed by atoms with Gasteiger partial charge in [0, 0.05) is 19.1 Å². The summed E-state index contributed by atoms with van der Waals surface area (Å²) in [7, 11) is 0. The molecule has 0 bridgehead atoms. The van der Waals surface area contributed by atoms with Gasteiger partial charge in [0.1, 0.15) is 5.75 Å². The summed E-state index contributed by atoms with van der Waals surface area (Å²) in [6, 6.07) is 8.19. The van der Waals surface area contributed by atoms with Gasteiger partial charge in [-0.3, -0.25) is 4.90 Å². The first kappa shape index (κ1) is 14.4. The number of likely N-dealkylation sites (tertiary alicyclic amines) is 1. The Morgan fingerprint density at radius 1 is 1.42 bits per heavy atom. The van der Waals surface area contributed by atoms with Crippen LogP contribution >= 0.6 is 0 Å². The van der Waals surface area contributed by atoms with Gasteiger partial charge in [0.2, 0.25) is 0 Å². The lowest BCUT2D eigenvalue weighted by atomic mass is 9.97. The molecular formula is C16H26N2O. The van der Waals surface area contributed by atoms with Gasteiger partial charge in [-0.25, -0.2) is 0 Å². The maximum Gasteiger partial charge on any atom is 0.115 e. The van der Waals surface area contributed by atoms with Crippen LogP contribution in [0.5, 0.6) is 5.75 Å². The van der Waals surface area contributed by atoms with E-state index in [9.17, 15) is 5.11 Å². The van der Waals surface area contributed by atoms with Crippen molar-refractivity contribution in [2.24, 2.45) is 5.92 Å². The first-order valence-corrected chi connectivity index (χ1v) is 7.37. The van der Waals surface area contributed by atoms with Crippen molar-refractivity contribution in [3.63, 3.8) is 0 Å². The van der Waals surface area contributed by atoms with Gasteiger partial charge in [0.05, 0.1) is 0 Å². The maximum atomic E-state index is 9.51. The van der Waals surface area contributed by atoms with E-state index in [1.54, 1.807) is 6.07 Å². The summed E-state index contributed by atoms with van der Waals surface area (Å²) in [6.45, 7) is 8.81. The molecule has 1 aromatic carbocycles. The largest absolute Gasteiger partial charge is 0.508 e. The van der Waals surface area contributed by atoms with Gasteiger partial charge in [-0.05, 0) is 49.5 Å². The Kier molecular flexibility index (Phi) is 5.23. The molecule has 106 valence electrons. The third-order valence-corrected chi connectivity index (χ3v) is 3.73. The molecule has 3 nitrogen and oxygen atoms in total. The molecule has 1 aliphatic heterocycles. The van der Waals surface area contributed by atoms with Crippen molar-refractivity contribution in [2.45, 2.75) is 39.3 Å². The normalized spacial score (nSPS) is 20.9. The Bertz CT molecular complexity index is 392. The first-order chi connectivity index (χ1) is 9.13. The van der Waals surface area contributed by atoms with Crippen LogP contribution in [0.3, 0.4) is 0 Å². The van der Waals surface area contributed by atoms with Crippen LogP contribution in [-0.2, 0) is 6.54 Å². The number of phenolic OH excluding ortho intramolecular Hbond substituents is 1. The smallest absolute Gasteiger partial charge is 0.115 e. The highest BCUT2D eigenvalue weighted by atomic mass is 16.3. The first-order valence-electron chi connectivity index (χ1n) is 7.37. The minimum atomic E-state index is 0.368. The van der Waals surface area contributed by atoms with Gasteiger partial charge in [0.15, 0.2) is 0 Å². The van der Waals surface area contributed by atoms with E-state index in [1.165, 1.54) is 24.9 Å². The molecule has 0 amide bonds. The lowest BCUT2D eigenvalue weighted by Gasteiger charge is -2.33. The van der Waals surface area contributed by atoms with E-state index in [-0.39, 0.29) is 0 Å². The van der Waals surface area contributed by atoms with Gasteiger partial charge in [-0.1, -0.05) is 26.0 Å². The van der Waals surface area contributed by atoms with Crippen LogP contribution in [-0.4, -0.2) is 35.7 Å². The molecule has 0 aromatic heterocycles. The van der Waals surface area contributed by atoms with Crippen LogP contribution in [0, 0.1) is 5.92 Å². The van der Waals surface area contributed by atoms with Crippen LogP contribution in [0.1, 0.15) is 32.3 Å². The Hall–Kier alpha value is -1.06. The van der Waals surface area contributed by atoms with Gasteiger partial charge in [-0.2, -0.15) is 0 Å². The molecule has 1 unspecified atom stereocenters. The van der Waals surface area contributed by atoms with Crippen LogP contribution in [0.2, 0.25) is 0 Å². The van der Waals surface area contributed by atoms with E-state index in [1.807, 2.05) is 12.1 Å². The summed E-state index contributed by atoms with van der Waals surface area (Å²) < 4.78 is 0. The molecular weight excluding hydrogens is 236 g/mol. The lowest BCUT2D eigenvalue weighted by Crippen LogP contribution is -2.40. The summed E-state index contributed by atoms with van der Waals surface area (Å²) in [5, 5.41) is 13.1. The molecule has 0 spiro atoms. The summed E-state index contributed by atoms with van der Waals surface area (Å²) >= 11 is 0. The van der Waals surface area contributed by atoms with E-state index in [2.05, 4.69) is 30.1 Å². The van der Waals surface area contributed by atoms with Gasteiger partial charge < -0.3 is 10.4 Å². The second-order valence-electron chi connectivity index (χ2n) is 5.98. The molecule has 1 saturated heterocycles. The minimum Gasteiger partial charge on any atom is -0.508 e. The Morgan fingerprint density at radius 3 is 3.00 bits per heavy atom. The maximum absolute atomic E-state index is 9.51. The van der Waals surface area contributed by atoms with Crippen molar-refractivity contribution in [3.05, 3.63) is 29.8 Å². The quantitative estimate of drug-likeness (QED) is 0.856. The average Bonchev–Trinajstić information content (AvgIpc) is 2.37. The Labute approximate surface area is 116 Å². The van der Waals surface area contributed by atoms with Crippen molar-refractivity contribution < 1.29 is 5.11 Å². The van der Waals surface area contributed by atoms with E-state index in [0.717, 1.165) is 25.6 Å². The molecule has 3 heteroatoms. The second kappa shape index (κ2) is 6.92. The topological polar surface area (TPSA) is 35.5 Å². The zero-order valence-corrected chi connectivity index (χ0v) is 12.1. The number of nitrogens with one attached hydrogen (secondary N) is 1. The summed E-state index contributed by atoms with van der Waals surface area (Å²) in [5.74, 6) is 1.13. The average molecular weight is 262 g/mol. The number of rotatable bonds is 5. The van der Waals surface area contributed by atoms with E-state index < -0.39 is 0 Å². The van der Waals surface area contributed by atoms with E-state index >= 15 is 0 Å². The highest BCUT2D eigenvalue weighted by Gasteiger charge is 2.19. The highest BCUT2D eigenvalue weighted by molar-refractivity contribution is 5.27. The van der Waals surface area contributed by atoms with Crippen molar-refractivity contribution in [3.8, 4) is 5.75 Å². The van der Waals surface area contributed by atoms with E-state index in [4.69, 9.17) is 0 Å². The number of piperidine rings is 1. The molecule has 1 heterocycles. The Balaban J connectivity index is 1.83. The van der Waals surface area contributed by atoms with Crippen LogP contribution in [0.15, 0.2) is 24.3 Å². The molecule has 0 aliphatic carbocycles. The number of hydrogen-bond acceptors (Lipinski definition) is 3. The van der Waals surface area contributed by atoms with Crippen molar-refractivity contribution in [2.75, 3.05) is 19.6 Å². The molecule has 1 fully saturated rings. The number of phenols is 1. The zero-order chi connectivity index (χ0) is 13.7. The Morgan fingerprint density at radius 2 is 2.26 bits per heavy atom. The number of nitrogens with zero attached hydrogens (tertiary/aromatic N) is 1. The van der Waals surface area contributed by atoms with Crippen LogP contribution in [0.25, 0.3) is 0 Å². The third kappa shape index (κ3) is 4.84. The predicted octanol–water partition coefficient (Wildman–Crippen LogP) is 2.60. The second-order valence-corrected chi connectivity index (χ2v) is 5.98. The highest BCUT2D eigenvalue weighted by Crippen LogP contribution is 2.19. The van der Waals surface area contributed by atoms with Crippen molar-refractivity contribution in [1.82, 2.24) is 10.2 Å². The fraction of sp³-hybridized carbons (Fsp3) is 0.625. The monoisotopic (exact) mass is 262 g/mol. The third-order valence-electron chi connectivity index (χ3n) is 3.73. The van der Waals surface area contributed by atoms with Gasteiger partial charge in [0.25, 0.3) is 0 Å². The number of hydrogen-bond donors (Lipinski definition) is 2. The molecule has 1 atom stereocenters. The summed E-state index contributed by atoms with van der Waals surface area (Å²) in [5.41, 5.74) is 1.21. The predicted molar refractivity (Wildman–Crippen MR) is 79.2 cm³/mol. The molecule has 0 saturated carbocycles. The molecule has 0 radical (unpaired) electrons. The summed E-state index contributed by atoms with van der Waals surface area (Å²) in [4.78, 5) is 2.50. The standard InChI is InChI=1S/C16H26N2O/c1-13(2)17-10-15-6-4-8-18(12-15)11-14-5-3-7-16(19)9-14/h3,5,7,9,13,15,17,19H,4,6,8,10-12H2,1-2H3. The fourth-order valence-electron chi connectivity index (χ4n) is 2.78. The zero-order valence-electron chi connectivity index (χ0n) is 12.1. The minimum absolute atomic E-state index is 0.368. The van der Waals surface area contributed by atoms with Crippen LogP contribution in [0.4, 0.5) is 0 Å². The van der Waals surface area contributed by atoms with E-state index in [0.29, 0.717) is 11.8 Å². The molecule has 2 N–H and O–H groups in total. The van der Waals surface area contributed by atoms with Gasteiger partial charge >= 0.3 is 0 Å². The SMILES string of the molecule is CC(C)NCC1CCCN(Cc2cccc(O)c2)C1. The molecule has 1 aliphatic rings. The van der Waals surface area contributed by atoms with Crippen molar-refractivity contribution >= 4 is 0 Å².